The number of anilines is 1. The third kappa shape index (κ3) is 7.33. The maximum absolute atomic E-state index is 12.1. The monoisotopic (exact) mass is 455 g/mol. The van der Waals surface area contributed by atoms with E-state index in [4.69, 9.17) is 30.0 Å². The fourth-order valence-electron chi connectivity index (χ4n) is 2.73. The van der Waals surface area contributed by atoms with E-state index >= 15 is 0 Å². The molecule has 0 spiro atoms. The molecule has 0 atom stereocenters. The van der Waals surface area contributed by atoms with Gasteiger partial charge in [-0.1, -0.05) is 46.8 Å². The smallest absolute Gasteiger partial charge is 0.394 e. The van der Waals surface area contributed by atoms with Crippen LogP contribution in [0.4, 0.5) is 10.6 Å². The van der Waals surface area contributed by atoms with Gasteiger partial charge in [0.2, 0.25) is 0 Å². The van der Waals surface area contributed by atoms with Crippen LogP contribution in [0.15, 0.2) is 58.9 Å². The molecule has 174 valence electrons. The number of carbonyl (C=O) groups excluding carboxylic acids is 1. The molecule has 1 amide bonds. The summed E-state index contributed by atoms with van der Waals surface area (Å²) in [6.07, 6.45) is 0.924. The molecule has 3 N–H and O–H groups in total. The first-order valence-corrected chi connectivity index (χ1v) is 10.2. The number of pyridine rings is 1. The summed E-state index contributed by atoms with van der Waals surface area (Å²) >= 11 is 0. The van der Waals surface area contributed by atoms with Crippen LogP contribution >= 0.6 is 0 Å². The van der Waals surface area contributed by atoms with Crippen molar-refractivity contribution in [3.8, 4) is 0 Å². The molecule has 0 aliphatic carbocycles. The topological polar surface area (TPSA) is 155 Å². The molecule has 1 aromatic carbocycles. The molecule has 1 saturated heterocycles. The number of ether oxygens (including phenoxy) is 3. The number of rotatable bonds is 8. The number of nitrogens with zero attached hydrogens (tertiary/aromatic N) is 4. The average molecular weight is 455 g/mol. The van der Waals surface area contributed by atoms with Gasteiger partial charge < -0.3 is 19.0 Å². The van der Waals surface area contributed by atoms with Gasteiger partial charge in [0.15, 0.2) is 18.2 Å². The zero-order chi connectivity index (χ0) is 23.5. The highest BCUT2D eigenvalue weighted by atomic mass is 16.9. The molecule has 0 radical (unpaired) electrons. The van der Waals surface area contributed by atoms with Crippen molar-refractivity contribution in [2.24, 2.45) is 10.4 Å². The Morgan fingerprint density at radius 1 is 1.18 bits per heavy atom. The molecule has 2 heterocycles. The first kappa shape index (κ1) is 23.8. The number of oxime groups is 1. The van der Waals surface area contributed by atoms with Crippen molar-refractivity contribution in [1.82, 2.24) is 9.99 Å². The van der Waals surface area contributed by atoms with Gasteiger partial charge in [-0.25, -0.2) is 14.8 Å². The van der Waals surface area contributed by atoms with E-state index in [-0.39, 0.29) is 24.0 Å². The summed E-state index contributed by atoms with van der Waals surface area (Å²) in [5.74, 6) is 0.146. The Hall–Kier alpha value is -3.90. The number of likely N-dealkylation sites (N-methyl/N-ethyl adjacent to an activating group) is 1. The first-order chi connectivity index (χ1) is 16.1. The SMILES string of the molecule is CN(N=N)C(=N)/C(=N\OCc1cccc(NC(=O)OC2OCCCCO2)n1)c1ccccc1. The summed E-state index contributed by atoms with van der Waals surface area (Å²) in [6, 6.07) is 14.0. The van der Waals surface area contributed by atoms with Crippen molar-refractivity contribution >= 4 is 23.5 Å². The Morgan fingerprint density at radius 2 is 1.91 bits per heavy atom. The fraction of sp³-hybridized carbons (Fsp3) is 0.333. The van der Waals surface area contributed by atoms with Crippen LogP contribution in [0, 0.1) is 10.9 Å². The van der Waals surface area contributed by atoms with Gasteiger partial charge in [0, 0.05) is 12.6 Å². The molecule has 1 aliphatic heterocycles. The summed E-state index contributed by atoms with van der Waals surface area (Å²) in [7, 11) is 1.47. The lowest BCUT2D eigenvalue weighted by Gasteiger charge is -2.15. The molecule has 0 bridgehead atoms. The minimum atomic E-state index is -1.05. The minimum Gasteiger partial charge on any atom is -0.394 e. The predicted molar refractivity (Wildman–Crippen MR) is 118 cm³/mol. The number of aromatic nitrogens is 1. The van der Waals surface area contributed by atoms with E-state index in [1.165, 1.54) is 7.05 Å². The standard InChI is InChI=1S/C21H25N7O5/c1-28(27-23)19(22)18(15-8-3-2-4-9-15)26-32-14-16-10-7-11-17(24-16)25-20(29)33-21-30-12-5-6-13-31-21/h2-4,7-11,21-23H,5-6,12-14H2,1H3,(H,24,25,29)/b22-19?,26-18-,27-23?. The van der Waals surface area contributed by atoms with E-state index in [1.807, 2.05) is 6.07 Å². The van der Waals surface area contributed by atoms with Gasteiger partial charge in [0.25, 0.3) is 0 Å². The largest absolute Gasteiger partial charge is 0.416 e. The number of benzene rings is 1. The summed E-state index contributed by atoms with van der Waals surface area (Å²) in [6.45, 7) is -0.159. The Labute approximate surface area is 190 Å². The van der Waals surface area contributed by atoms with Gasteiger partial charge in [-0.2, -0.15) is 5.53 Å². The van der Waals surface area contributed by atoms with Crippen molar-refractivity contribution in [3.63, 3.8) is 0 Å². The third-order valence-electron chi connectivity index (χ3n) is 4.40. The first-order valence-electron chi connectivity index (χ1n) is 10.2. The number of amides is 1. The summed E-state index contributed by atoms with van der Waals surface area (Å²) in [5, 5.41) is 19.1. The van der Waals surface area contributed by atoms with Gasteiger partial charge >= 0.3 is 12.6 Å². The van der Waals surface area contributed by atoms with Crippen LogP contribution in [0.1, 0.15) is 24.1 Å². The van der Waals surface area contributed by atoms with E-state index in [9.17, 15) is 4.79 Å². The van der Waals surface area contributed by atoms with Crippen LogP contribution in [0.3, 0.4) is 0 Å². The highest BCUT2D eigenvalue weighted by Crippen LogP contribution is 2.11. The van der Waals surface area contributed by atoms with Gasteiger partial charge in [-0.05, 0) is 25.0 Å². The molecular formula is C21H25N7O5. The van der Waals surface area contributed by atoms with Crippen molar-refractivity contribution in [3.05, 3.63) is 59.8 Å². The molecule has 3 rings (SSSR count). The lowest BCUT2D eigenvalue weighted by Crippen LogP contribution is -2.29. The molecule has 1 fully saturated rings. The molecule has 12 heteroatoms. The second-order valence-corrected chi connectivity index (χ2v) is 6.83. The van der Waals surface area contributed by atoms with Crippen LogP contribution in [0.5, 0.6) is 0 Å². The molecule has 33 heavy (non-hydrogen) atoms. The van der Waals surface area contributed by atoms with E-state index in [2.05, 4.69) is 20.7 Å². The fourth-order valence-corrected chi connectivity index (χ4v) is 2.73. The Morgan fingerprint density at radius 3 is 2.61 bits per heavy atom. The number of carbonyl (C=O) groups is 1. The Kier molecular flexibility index (Phi) is 8.79. The quantitative estimate of drug-likeness (QED) is 0.238. The van der Waals surface area contributed by atoms with E-state index in [0.717, 1.165) is 17.9 Å². The van der Waals surface area contributed by atoms with Crippen molar-refractivity contribution < 1.29 is 23.8 Å². The predicted octanol–water partition coefficient (Wildman–Crippen LogP) is 3.52. The molecule has 1 aromatic heterocycles. The van der Waals surface area contributed by atoms with Crippen LogP contribution in [0.2, 0.25) is 0 Å². The van der Waals surface area contributed by atoms with E-state index < -0.39 is 12.6 Å². The average Bonchev–Trinajstić information content (AvgIpc) is 3.10. The maximum atomic E-state index is 12.1. The van der Waals surface area contributed by atoms with Crippen LogP contribution in [0.25, 0.3) is 0 Å². The zero-order valence-corrected chi connectivity index (χ0v) is 18.1. The second kappa shape index (κ2) is 12.2. The van der Waals surface area contributed by atoms with Crippen molar-refractivity contribution in [1.29, 1.82) is 10.9 Å². The maximum Gasteiger partial charge on any atom is 0.416 e. The molecule has 0 unspecified atom stereocenters. The van der Waals surface area contributed by atoms with Gasteiger partial charge in [0.05, 0.1) is 18.9 Å². The summed E-state index contributed by atoms with van der Waals surface area (Å²) in [4.78, 5) is 21.8. The molecule has 0 saturated carbocycles. The Balaban J connectivity index is 1.61. The van der Waals surface area contributed by atoms with Crippen LogP contribution < -0.4 is 5.32 Å². The molecule has 12 nitrogen and oxygen atoms in total. The van der Waals surface area contributed by atoms with E-state index in [1.54, 1.807) is 42.5 Å². The molecule has 1 aliphatic rings. The summed E-state index contributed by atoms with van der Waals surface area (Å²) < 4.78 is 15.7. The highest BCUT2D eigenvalue weighted by Gasteiger charge is 2.18. The van der Waals surface area contributed by atoms with Crippen molar-refractivity contribution in [2.45, 2.75) is 25.9 Å². The number of nitrogens with one attached hydrogen (secondary N) is 3. The Bertz CT molecular complexity index is 978. The normalized spacial score (nSPS) is 14.6. The van der Waals surface area contributed by atoms with Crippen molar-refractivity contribution in [2.75, 3.05) is 25.6 Å². The number of hydrogen-bond donors (Lipinski definition) is 3. The lowest BCUT2D eigenvalue weighted by atomic mass is 10.1. The zero-order valence-electron chi connectivity index (χ0n) is 18.1. The van der Waals surface area contributed by atoms with Gasteiger partial charge in [-0.15, -0.1) is 0 Å². The minimum absolute atomic E-state index is 0.0231. The number of hydrogen-bond acceptors (Lipinski definition) is 10. The van der Waals surface area contributed by atoms with E-state index in [0.29, 0.717) is 24.5 Å². The molecular weight excluding hydrogens is 430 g/mol. The second-order valence-electron chi connectivity index (χ2n) is 6.83. The summed E-state index contributed by atoms with van der Waals surface area (Å²) in [5.41, 5.74) is 8.44. The van der Waals surface area contributed by atoms with Crippen LogP contribution in [-0.2, 0) is 25.7 Å². The third-order valence-corrected chi connectivity index (χ3v) is 4.40. The highest BCUT2D eigenvalue weighted by molar-refractivity contribution is 6.46. The van der Waals surface area contributed by atoms with Gasteiger partial charge in [-0.3, -0.25) is 10.7 Å². The van der Waals surface area contributed by atoms with Gasteiger partial charge in [0.1, 0.15) is 5.82 Å². The van der Waals surface area contributed by atoms with Crippen LogP contribution in [-0.4, -0.2) is 54.4 Å². The molecule has 2 aromatic rings. The lowest BCUT2D eigenvalue weighted by molar-refractivity contribution is -0.248. The number of amidine groups is 1.